The van der Waals surface area contributed by atoms with E-state index in [1.54, 1.807) is 0 Å². The Bertz CT molecular complexity index is 752. The lowest BCUT2D eigenvalue weighted by Gasteiger charge is -2.10. The maximum atomic E-state index is 3.87. The molecule has 1 heterocycles. The van der Waals surface area contributed by atoms with Crippen LogP contribution in [0.3, 0.4) is 0 Å². The number of benzene rings is 3. The van der Waals surface area contributed by atoms with Crippen molar-refractivity contribution in [3.63, 3.8) is 0 Å². The van der Waals surface area contributed by atoms with Gasteiger partial charge < -0.3 is 0 Å². The van der Waals surface area contributed by atoms with Gasteiger partial charge in [0, 0.05) is 19.6 Å². The molecule has 3 aromatic rings. The molecule has 0 aromatic heterocycles. The molecule has 1 aliphatic rings. The van der Waals surface area contributed by atoms with Gasteiger partial charge in [-0.2, -0.15) is 0 Å². The van der Waals surface area contributed by atoms with Crippen molar-refractivity contribution in [2.24, 2.45) is 0 Å². The van der Waals surface area contributed by atoms with Gasteiger partial charge in [0.2, 0.25) is 0 Å². The van der Waals surface area contributed by atoms with Crippen molar-refractivity contribution in [2.75, 3.05) is 6.54 Å². The molecule has 0 fully saturated rings. The van der Waals surface area contributed by atoms with E-state index < -0.39 is 0 Å². The highest BCUT2D eigenvalue weighted by atomic mass is 15.1. The molecule has 0 amide bonds. The standard InChI is InChI=1S/C19H17N/c1-2-11-20-12-18-16-9-5-3-7-14(16)15-8-4-6-10-17(15)19(18)13-20/h2-10H,1,11-13H2. The normalized spacial score (nSPS) is 14.8. The fraction of sp³-hybridized carbons (Fsp3) is 0.158. The predicted octanol–water partition coefficient (Wildman–Crippen LogP) is 4.49. The van der Waals surface area contributed by atoms with E-state index in [0.29, 0.717) is 0 Å². The lowest BCUT2D eigenvalue weighted by atomic mass is 9.93. The zero-order valence-corrected chi connectivity index (χ0v) is 11.5. The summed E-state index contributed by atoms with van der Waals surface area (Å²) in [4.78, 5) is 2.45. The first-order chi connectivity index (χ1) is 9.88. The van der Waals surface area contributed by atoms with Gasteiger partial charge in [0.05, 0.1) is 0 Å². The minimum atomic E-state index is 0.956. The second kappa shape index (κ2) is 4.46. The zero-order chi connectivity index (χ0) is 13.5. The molecule has 3 aromatic carbocycles. The number of nitrogens with zero attached hydrogens (tertiary/aromatic N) is 1. The van der Waals surface area contributed by atoms with Crippen LogP contribution < -0.4 is 0 Å². The van der Waals surface area contributed by atoms with Crippen LogP contribution >= 0.6 is 0 Å². The van der Waals surface area contributed by atoms with Crippen LogP contribution in [0.1, 0.15) is 11.1 Å². The highest BCUT2D eigenvalue weighted by molar-refractivity contribution is 6.10. The van der Waals surface area contributed by atoms with Crippen molar-refractivity contribution in [1.29, 1.82) is 0 Å². The van der Waals surface area contributed by atoms with Crippen LogP contribution in [0.25, 0.3) is 21.5 Å². The summed E-state index contributed by atoms with van der Waals surface area (Å²) in [5.41, 5.74) is 3.00. The average molecular weight is 259 g/mol. The highest BCUT2D eigenvalue weighted by Gasteiger charge is 2.22. The lowest BCUT2D eigenvalue weighted by Crippen LogP contribution is -2.15. The Kier molecular flexibility index (Phi) is 2.61. The van der Waals surface area contributed by atoms with Gasteiger partial charge in [-0.15, -0.1) is 6.58 Å². The summed E-state index contributed by atoms with van der Waals surface area (Å²) in [6.45, 7) is 6.89. The van der Waals surface area contributed by atoms with Gasteiger partial charge in [-0.1, -0.05) is 54.6 Å². The molecule has 98 valence electrons. The molecule has 0 saturated heterocycles. The summed E-state index contributed by atoms with van der Waals surface area (Å²) in [7, 11) is 0. The fourth-order valence-corrected chi connectivity index (χ4v) is 3.46. The van der Waals surface area contributed by atoms with Crippen molar-refractivity contribution >= 4 is 21.5 Å². The van der Waals surface area contributed by atoms with Gasteiger partial charge in [-0.25, -0.2) is 0 Å². The molecule has 1 heteroatoms. The van der Waals surface area contributed by atoms with Crippen LogP contribution in [0.2, 0.25) is 0 Å². The first kappa shape index (κ1) is 11.7. The number of rotatable bonds is 2. The van der Waals surface area contributed by atoms with E-state index in [9.17, 15) is 0 Å². The SMILES string of the molecule is C=CCN1Cc2c(c3ccccc3c3ccccc23)C1. The quantitative estimate of drug-likeness (QED) is 0.484. The molecule has 0 bridgehead atoms. The molecular weight excluding hydrogens is 242 g/mol. The van der Waals surface area contributed by atoms with Gasteiger partial charge >= 0.3 is 0 Å². The van der Waals surface area contributed by atoms with E-state index >= 15 is 0 Å². The molecule has 0 unspecified atom stereocenters. The van der Waals surface area contributed by atoms with E-state index in [4.69, 9.17) is 0 Å². The topological polar surface area (TPSA) is 3.24 Å². The first-order valence-corrected chi connectivity index (χ1v) is 7.13. The molecule has 1 aliphatic heterocycles. The Morgan fingerprint density at radius 1 is 0.800 bits per heavy atom. The van der Waals surface area contributed by atoms with E-state index in [1.807, 2.05) is 6.08 Å². The molecule has 1 nitrogen and oxygen atoms in total. The maximum absolute atomic E-state index is 3.87. The van der Waals surface area contributed by atoms with Crippen molar-refractivity contribution in [3.8, 4) is 0 Å². The Hall–Kier alpha value is -2.12. The van der Waals surface area contributed by atoms with Crippen LogP contribution in [0.4, 0.5) is 0 Å². The average Bonchev–Trinajstić information content (AvgIpc) is 2.92. The summed E-state index contributed by atoms with van der Waals surface area (Å²) in [5, 5.41) is 5.57. The maximum Gasteiger partial charge on any atom is 0.0250 e. The minimum Gasteiger partial charge on any atom is -0.291 e. The Morgan fingerprint density at radius 3 is 1.70 bits per heavy atom. The van der Waals surface area contributed by atoms with Crippen molar-refractivity contribution in [2.45, 2.75) is 13.1 Å². The lowest BCUT2D eigenvalue weighted by molar-refractivity contribution is 0.318. The summed E-state index contributed by atoms with van der Waals surface area (Å²) < 4.78 is 0. The molecule has 0 N–H and O–H groups in total. The summed E-state index contributed by atoms with van der Waals surface area (Å²) >= 11 is 0. The second-order valence-electron chi connectivity index (χ2n) is 5.51. The van der Waals surface area contributed by atoms with Gasteiger partial charge in [0.25, 0.3) is 0 Å². The molecule has 20 heavy (non-hydrogen) atoms. The van der Waals surface area contributed by atoms with Gasteiger partial charge in [0.15, 0.2) is 0 Å². The van der Waals surface area contributed by atoms with Crippen LogP contribution in [0.5, 0.6) is 0 Å². The number of hydrogen-bond acceptors (Lipinski definition) is 1. The predicted molar refractivity (Wildman–Crippen MR) is 85.8 cm³/mol. The fourth-order valence-electron chi connectivity index (χ4n) is 3.46. The minimum absolute atomic E-state index is 0.956. The molecule has 0 atom stereocenters. The zero-order valence-electron chi connectivity index (χ0n) is 11.5. The highest BCUT2D eigenvalue weighted by Crippen LogP contribution is 2.37. The summed E-state index contributed by atoms with van der Waals surface area (Å²) in [6, 6.07) is 17.6. The summed E-state index contributed by atoms with van der Waals surface area (Å²) in [6.07, 6.45) is 2.00. The largest absolute Gasteiger partial charge is 0.291 e. The van der Waals surface area contributed by atoms with Gasteiger partial charge in [0.1, 0.15) is 0 Å². The third-order valence-electron chi connectivity index (χ3n) is 4.31. The third-order valence-corrected chi connectivity index (χ3v) is 4.31. The molecule has 4 rings (SSSR count). The summed E-state index contributed by atoms with van der Waals surface area (Å²) in [5.74, 6) is 0. The third kappa shape index (κ3) is 1.60. The molecule has 0 aliphatic carbocycles. The second-order valence-corrected chi connectivity index (χ2v) is 5.51. The molecule has 0 spiro atoms. The number of fused-ring (bicyclic) bond motifs is 6. The van der Waals surface area contributed by atoms with Crippen molar-refractivity contribution in [3.05, 3.63) is 72.3 Å². The Labute approximate surface area is 119 Å². The van der Waals surface area contributed by atoms with Crippen LogP contribution in [0, 0.1) is 0 Å². The monoisotopic (exact) mass is 259 g/mol. The van der Waals surface area contributed by atoms with E-state index in [0.717, 1.165) is 19.6 Å². The Balaban J connectivity index is 2.08. The molecule has 0 radical (unpaired) electrons. The van der Waals surface area contributed by atoms with Crippen molar-refractivity contribution in [1.82, 2.24) is 4.90 Å². The molecule has 0 saturated carbocycles. The van der Waals surface area contributed by atoms with Crippen LogP contribution in [0.15, 0.2) is 61.2 Å². The molecular formula is C19H17N. The Morgan fingerprint density at radius 2 is 1.25 bits per heavy atom. The number of hydrogen-bond donors (Lipinski definition) is 0. The van der Waals surface area contributed by atoms with E-state index in [2.05, 4.69) is 60.0 Å². The van der Waals surface area contributed by atoms with Gasteiger partial charge in [-0.05, 0) is 32.7 Å². The van der Waals surface area contributed by atoms with Crippen LogP contribution in [-0.2, 0) is 13.1 Å². The van der Waals surface area contributed by atoms with Gasteiger partial charge in [-0.3, -0.25) is 4.90 Å². The van der Waals surface area contributed by atoms with Crippen molar-refractivity contribution < 1.29 is 0 Å². The first-order valence-electron chi connectivity index (χ1n) is 7.13. The smallest absolute Gasteiger partial charge is 0.0250 e. The van der Waals surface area contributed by atoms with E-state index in [1.165, 1.54) is 32.7 Å². The van der Waals surface area contributed by atoms with Crippen LogP contribution in [-0.4, -0.2) is 11.4 Å². The van der Waals surface area contributed by atoms with E-state index in [-0.39, 0.29) is 0 Å².